The zero-order valence-corrected chi connectivity index (χ0v) is 13.5. The average molecular weight is 293 g/mol. The number of ether oxygens (including phenoxy) is 3. The summed E-state index contributed by atoms with van der Waals surface area (Å²) in [5.41, 5.74) is 7.24. The van der Waals surface area contributed by atoms with Gasteiger partial charge >= 0.3 is 0 Å². The van der Waals surface area contributed by atoms with Gasteiger partial charge in [-0.15, -0.1) is 0 Å². The maximum Gasteiger partial charge on any atom is 0.124 e. The van der Waals surface area contributed by atoms with Crippen LogP contribution in [0.1, 0.15) is 44.2 Å². The summed E-state index contributed by atoms with van der Waals surface area (Å²) in [5.74, 6) is 2.32. The molecule has 0 radical (unpaired) electrons. The maximum absolute atomic E-state index is 6.60. The van der Waals surface area contributed by atoms with Crippen molar-refractivity contribution in [3.63, 3.8) is 0 Å². The first-order valence-electron chi connectivity index (χ1n) is 7.59. The van der Waals surface area contributed by atoms with Crippen LogP contribution in [0.25, 0.3) is 0 Å². The molecule has 1 atom stereocenters. The fourth-order valence-electron chi connectivity index (χ4n) is 3.26. The van der Waals surface area contributed by atoms with Crippen LogP contribution in [0, 0.1) is 5.92 Å². The van der Waals surface area contributed by atoms with E-state index in [0.29, 0.717) is 0 Å². The standard InChI is InChI=1S/C17H27NO3/c1-12-7-9-17(21-4,10-8-12)16(18)14-11-13(19-2)5-6-15(14)20-3/h5-6,11-12,16H,7-10,18H2,1-4H3. The van der Waals surface area contributed by atoms with Gasteiger partial charge in [0.25, 0.3) is 0 Å². The minimum atomic E-state index is -0.313. The lowest BCUT2D eigenvalue weighted by Gasteiger charge is -2.43. The first-order valence-corrected chi connectivity index (χ1v) is 7.59. The molecule has 2 N–H and O–H groups in total. The minimum Gasteiger partial charge on any atom is -0.497 e. The zero-order valence-electron chi connectivity index (χ0n) is 13.5. The van der Waals surface area contributed by atoms with E-state index in [1.165, 1.54) is 0 Å². The molecule has 0 bridgehead atoms. The van der Waals surface area contributed by atoms with E-state index in [4.69, 9.17) is 19.9 Å². The van der Waals surface area contributed by atoms with Gasteiger partial charge in [-0.2, -0.15) is 0 Å². The van der Waals surface area contributed by atoms with Crippen LogP contribution in [-0.2, 0) is 4.74 Å². The summed E-state index contributed by atoms with van der Waals surface area (Å²) in [5, 5.41) is 0. The third-order valence-corrected chi connectivity index (χ3v) is 4.87. The van der Waals surface area contributed by atoms with Crippen LogP contribution in [0.5, 0.6) is 11.5 Å². The molecule has 2 rings (SSSR count). The van der Waals surface area contributed by atoms with Crippen LogP contribution in [0.3, 0.4) is 0 Å². The summed E-state index contributed by atoms with van der Waals surface area (Å²) >= 11 is 0. The fraction of sp³-hybridized carbons (Fsp3) is 0.647. The summed E-state index contributed by atoms with van der Waals surface area (Å²) in [4.78, 5) is 0. The molecule has 1 aromatic rings. The van der Waals surface area contributed by atoms with Gasteiger partial charge in [0.15, 0.2) is 0 Å². The highest BCUT2D eigenvalue weighted by atomic mass is 16.5. The quantitative estimate of drug-likeness (QED) is 0.905. The fourth-order valence-corrected chi connectivity index (χ4v) is 3.26. The van der Waals surface area contributed by atoms with Crippen LogP contribution >= 0.6 is 0 Å². The van der Waals surface area contributed by atoms with Crippen molar-refractivity contribution in [3.8, 4) is 11.5 Å². The molecule has 1 aromatic carbocycles. The van der Waals surface area contributed by atoms with E-state index in [0.717, 1.165) is 48.7 Å². The molecule has 4 nitrogen and oxygen atoms in total. The van der Waals surface area contributed by atoms with Gasteiger partial charge in [0.1, 0.15) is 11.5 Å². The zero-order chi connectivity index (χ0) is 15.5. The Balaban J connectivity index is 2.34. The van der Waals surface area contributed by atoms with Gasteiger partial charge in [-0.3, -0.25) is 0 Å². The van der Waals surface area contributed by atoms with E-state index in [2.05, 4.69) is 6.92 Å². The summed E-state index contributed by atoms with van der Waals surface area (Å²) in [6.45, 7) is 2.29. The Hall–Kier alpha value is -1.26. The van der Waals surface area contributed by atoms with E-state index >= 15 is 0 Å². The summed E-state index contributed by atoms with van der Waals surface area (Å²) < 4.78 is 16.7. The third kappa shape index (κ3) is 3.16. The number of rotatable bonds is 5. The van der Waals surface area contributed by atoms with Crippen LogP contribution in [0.15, 0.2) is 18.2 Å². The lowest BCUT2D eigenvalue weighted by atomic mass is 9.73. The smallest absolute Gasteiger partial charge is 0.124 e. The Morgan fingerprint density at radius 3 is 2.33 bits per heavy atom. The second-order valence-corrected chi connectivity index (χ2v) is 6.04. The number of methoxy groups -OCH3 is 3. The summed E-state index contributed by atoms with van der Waals surface area (Å²) in [7, 11) is 5.09. The average Bonchev–Trinajstić information content (AvgIpc) is 2.54. The molecule has 118 valence electrons. The van der Waals surface area contributed by atoms with Gasteiger partial charge in [-0.25, -0.2) is 0 Å². The molecule has 21 heavy (non-hydrogen) atoms. The third-order valence-electron chi connectivity index (χ3n) is 4.87. The van der Waals surface area contributed by atoms with Gasteiger partial charge in [-0.1, -0.05) is 6.92 Å². The van der Waals surface area contributed by atoms with Crippen molar-refractivity contribution in [1.29, 1.82) is 0 Å². The second kappa shape index (κ2) is 6.67. The van der Waals surface area contributed by atoms with E-state index in [1.807, 2.05) is 18.2 Å². The molecule has 0 amide bonds. The topological polar surface area (TPSA) is 53.7 Å². The first kappa shape index (κ1) is 16.1. The number of hydrogen-bond donors (Lipinski definition) is 1. The Bertz CT molecular complexity index is 467. The van der Waals surface area contributed by atoms with Crippen molar-refractivity contribution in [3.05, 3.63) is 23.8 Å². The molecule has 1 unspecified atom stereocenters. The van der Waals surface area contributed by atoms with Gasteiger partial charge in [-0.05, 0) is 49.8 Å². The summed E-state index contributed by atoms with van der Waals surface area (Å²) in [6, 6.07) is 5.53. The van der Waals surface area contributed by atoms with Gasteiger partial charge in [0.2, 0.25) is 0 Å². The van der Waals surface area contributed by atoms with Gasteiger partial charge in [0, 0.05) is 12.7 Å². The van der Waals surface area contributed by atoms with Crippen molar-refractivity contribution in [2.45, 2.75) is 44.2 Å². The monoisotopic (exact) mass is 293 g/mol. The van der Waals surface area contributed by atoms with Crippen LogP contribution < -0.4 is 15.2 Å². The first-order chi connectivity index (χ1) is 10.1. The highest BCUT2D eigenvalue weighted by Crippen LogP contribution is 2.44. The minimum absolute atomic E-state index is 0.222. The van der Waals surface area contributed by atoms with E-state index in [1.54, 1.807) is 21.3 Å². The molecule has 4 heteroatoms. The van der Waals surface area contributed by atoms with E-state index in [-0.39, 0.29) is 11.6 Å². The van der Waals surface area contributed by atoms with Crippen molar-refractivity contribution in [1.82, 2.24) is 0 Å². The highest BCUT2D eigenvalue weighted by molar-refractivity contribution is 5.43. The SMILES string of the molecule is COc1ccc(OC)c(C(N)C2(OC)CCC(C)CC2)c1. The molecule has 1 saturated carbocycles. The largest absolute Gasteiger partial charge is 0.497 e. The Labute approximate surface area is 127 Å². The highest BCUT2D eigenvalue weighted by Gasteiger charge is 2.41. The number of nitrogens with two attached hydrogens (primary N) is 1. The molecule has 1 aliphatic rings. The van der Waals surface area contributed by atoms with Crippen molar-refractivity contribution in [2.75, 3.05) is 21.3 Å². The van der Waals surface area contributed by atoms with E-state index < -0.39 is 0 Å². The maximum atomic E-state index is 6.60. The predicted octanol–water partition coefficient (Wildman–Crippen LogP) is 3.30. The lowest BCUT2D eigenvalue weighted by molar-refractivity contribution is -0.0675. The molecular formula is C17H27NO3. The normalized spacial score (nSPS) is 27.2. The molecular weight excluding hydrogens is 266 g/mol. The van der Waals surface area contributed by atoms with Gasteiger partial charge in [0.05, 0.1) is 25.9 Å². The van der Waals surface area contributed by atoms with Crippen LogP contribution in [-0.4, -0.2) is 26.9 Å². The molecule has 1 aliphatic carbocycles. The molecule has 0 heterocycles. The second-order valence-electron chi connectivity index (χ2n) is 6.04. The Morgan fingerprint density at radius 2 is 1.81 bits per heavy atom. The number of benzene rings is 1. The van der Waals surface area contributed by atoms with Crippen molar-refractivity contribution >= 4 is 0 Å². The molecule has 0 saturated heterocycles. The van der Waals surface area contributed by atoms with E-state index in [9.17, 15) is 0 Å². The van der Waals surface area contributed by atoms with Crippen molar-refractivity contribution < 1.29 is 14.2 Å². The van der Waals surface area contributed by atoms with Crippen LogP contribution in [0.4, 0.5) is 0 Å². The molecule has 0 aromatic heterocycles. The molecule has 1 fully saturated rings. The van der Waals surface area contributed by atoms with Gasteiger partial charge < -0.3 is 19.9 Å². The Morgan fingerprint density at radius 1 is 1.14 bits per heavy atom. The Kier molecular flexibility index (Phi) is 5.12. The number of hydrogen-bond acceptors (Lipinski definition) is 4. The lowest BCUT2D eigenvalue weighted by Crippen LogP contribution is -2.45. The van der Waals surface area contributed by atoms with Crippen LogP contribution in [0.2, 0.25) is 0 Å². The molecule has 0 spiro atoms. The van der Waals surface area contributed by atoms with Crippen molar-refractivity contribution in [2.24, 2.45) is 11.7 Å². The summed E-state index contributed by atoms with van der Waals surface area (Å²) in [6.07, 6.45) is 4.25. The molecule has 0 aliphatic heterocycles. The predicted molar refractivity (Wildman–Crippen MR) is 83.8 cm³/mol.